The first-order chi connectivity index (χ1) is 9.27. The van der Waals surface area contributed by atoms with E-state index in [0.29, 0.717) is 26.1 Å². The van der Waals surface area contributed by atoms with Crippen LogP contribution in [0.1, 0.15) is 19.3 Å². The predicted molar refractivity (Wildman–Crippen MR) is 74.0 cm³/mol. The molecule has 0 spiro atoms. The molecule has 1 N–H and O–H groups in total. The zero-order valence-corrected chi connectivity index (χ0v) is 11.2. The van der Waals surface area contributed by atoms with Crippen LogP contribution in [0.15, 0.2) is 29.2 Å². The third kappa shape index (κ3) is 4.21. The minimum atomic E-state index is 0.0115. The summed E-state index contributed by atoms with van der Waals surface area (Å²) in [5.41, 5.74) is 0.0115. The van der Waals surface area contributed by atoms with Crippen LogP contribution in [0.3, 0.4) is 0 Å². The predicted octanol–water partition coefficient (Wildman–Crippen LogP) is 0.450. The number of aromatic nitrogens is 1. The molecule has 1 aromatic heterocycles. The fourth-order valence-corrected chi connectivity index (χ4v) is 2.29. The summed E-state index contributed by atoms with van der Waals surface area (Å²) in [7, 11) is 0. The monoisotopic (exact) mass is 263 g/mol. The van der Waals surface area contributed by atoms with Crippen LogP contribution in [0.4, 0.5) is 0 Å². The van der Waals surface area contributed by atoms with Crippen molar-refractivity contribution in [1.82, 2.24) is 14.8 Å². The summed E-state index contributed by atoms with van der Waals surface area (Å²) in [6.07, 6.45) is 4.59. The van der Waals surface area contributed by atoms with Crippen LogP contribution in [0.2, 0.25) is 0 Å². The third-order valence-electron chi connectivity index (χ3n) is 3.40. The summed E-state index contributed by atoms with van der Waals surface area (Å²) in [6, 6.07) is 5.14. The lowest BCUT2D eigenvalue weighted by Crippen LogP contribution is -2.32. The number of nitrogens with one attached hydrogen (secondary N) is 1. The van der Waals surface area contributed by atoms with Gasteiger partial charge in [-0.05, 0) is 18.9 Å². The van der Waals surface area contributed by atoms with Crippen molar-refractivity contribution in [2.24, 2.45) is 0 Å². The molecule has 1 amide bonds. The van der Waals surface area contributed by atoms with Crippen LogP contribution in [-0.2, 0) is 11.3 Å². The first-order valence-electron chi connectivity index (χ1n) is 6.91. The van der Waals surface area contributed by atoms with Crippen LogP contribution in [-0.4, -0.2) is 41.6 Å². The van der Waals surface area contributed by atoms with Crippen LogP contribution in [0, 0.1) is 0 Å². The second kappa shape index (κ2) is 7.09. The summed E-state index contributed by atoms with van der Waals surface area (Å²) >= 11 is 0. The number of pyridine rings is 1. The first kappa shape index (κ1) is 13.8. The van der Waals surface area contributed by atoms with Crippen LogP contribution < -0.4 is 10.9 Å². The molecule has 5 nitrogen and oxygen atoms in total. The van der Waals surface area contributed by atoms with Gasteiger partial charge in [0.15, 0.2) is 0 Å². The summed E-state index contributed by atoms with van der Waals surface area (Å²) in [6.45, 7) is 3.85. The van der Waals surface area contributed by atoms with E-state index >= 15 is 0 Å². The number of likely N-dealkylation sites (tertiary alicyclic amines) is 1. The van der Waals surface area contributed by atoms with E-state index < -0.39 is 0 Å². The Morgan fingerprint density at radius 2 is 2.00 bits per heavy atom. The van der Waals surface area contributed by atoms with Gasteiger partial charge in [-0.3, -0.25) is 9.59 Å². The van der Waals surface area contributed by atoms with E-state index in [-0.39, 0.29) is 11.5 Å². The van der Waals surface area contributed by atoms with Crippen molar-refractivity contribution in [2.45, 2.75) is 25.8 Å². The molecular formula is C14H21N3O2. The topological polar surface area (TPSA) is 54.3 Å². The summed E-state index contributed by atoms with van der Waals surface area (Å²) in [5.74, 6) is 0.238. The van der Waals surface area contributed by atoms with Crippen molar-refractivity contribution >= 4 is 5.91 Å². The number of hydrogen-bond acceptors (Lipinski definition) is 3. The van der Waals surface area contributed by atoms with Crippen molar-refractivity contribution in [1.29, 1.82) is 0 Å². The second-order valence-electron chi connectivity index (χ2n) is 4.82. The highest BCUT2D eigenvalue weighted by Gasteiger charge is 2.16. The molecule has 1 aromatic rings. The van der Waals surface area contributed by atoms with Gasteiger partial charge in [-0.1, -0.05) is 6.07 Å². The molecular weight excluding hydrogens is 242 g/mol. The molecule has 1 saturated heterocycles. The minimum Gasteiger partial charge on any atom is -0.343 e. The fourth-order valence-electron chi connectivity index (χ4n) is 2.29. The summed E-state index contributed by atoms with van der Waals surface area (Å²) < 4.78 is 1.66. The second-order valence-corrected chi connectivity index (χ2v) is 4.82. The van der Waals surface area contributed by atoms with E-state index in [2.05, 4.69) is 5.32 Å². The Morgan fingerprint density at radius 1 is 1.21 bits per heavy atom. The highest BCUT2D eigenvalue weighted by atomic mass is 16.2. The molecule has 0 unspecified atom stereocenters. The van der Waals surface area contributed by atoms with E-state index in [9.17, 15) is 9.59 Å². The molecule has 1 aliphatic heterocycles. The molecule has 5 heteroatoms. The van der Waals surface area contributed by atoms with E-state index in [1.165, 1.54) is 0 Å². The van der Waals surface area contributed by atoms with Crippen molar-refractivity contribution < 1.29 is 4.79 Å². The lowest BCUT2D eigenvalue weighted by Gasteiger charge is -2.15. The lowest BCUT2D eigenvalue weighted by atomic mass is 10.3. The zero-order valence-electron chi connectivity index (χ0n) is 11.2. The molecule has 0 aromatic carbocycles. The van der Waals surface area contributed by atoms with Crippen LogP contribution >= 0.6 is 0 Å². The highest BCUT2D eigenvalue weighted by molar-refractivity contribution is 5.76. The van der Waals surface area contributed by atoms with Crippen molar-refractivity contribution in [3.63, 3.8) is 0 Å². The summed E-state index contributed by atoms with van der Waals surface area (Å²) in [5, 5.41) is 3.21. The number of carbonyl (C=O) groups excluding carboxylic acids is 1. The highest BCUT2D eigenvalue weighted by Crippen LogP contribution is 2.08. The Hall–Kier alpha value is -1.62. The quantitative estimate of drug-likeness (QED) is 0.758. The maximum absolute atomic E-state index is 11.8. The number of hydrogen-bond donors (Lipinski definition) is 1. The minimum absolute atomic E-state index is 0.0115. The van der Waals surface area contributed by atoms with Gasteiger partial charge in [0.05, 0.1) is 0 Å². The Bertz CT molecular complexity index is 464. The number of rotatable bonds is 6. The van der Waals surface area contributed by atoms with Crippen LogP contribution in [0.5, 0.6) is 0 Å². The molecule has 0 bridgehead atoms. The SMILES string of the molecule is O=C(CCNCCn1ccccc1=O)N1CCCC1. The maximum atomic E-state index is 11.8. The van der Waals surface area contributed by atoms with E-state index in [0.717, 1.165) is 25.9 Å². The molecule has 0 atom stereocenters. The van der Waals surface area contributed by atoms with Crippen molar-refractivity contribution in [2.75, 3.05) is 26.2 Å². The van der Waals surface area contributed by atoms with Crippen molar-refractivity contribution in [3.05, 3.63) is 34.7 Å². The normalized spacial score (nSPS) is 14.8. The Kier molecular flexibility index (Phi) is 5.15. The number of amides is 1. The van der Waals surface area contributed by atoms with Crippen molar-refractivity contribution in [3.8, 4) is 0 Å². The molecule has 0 saturated carbocycles. The van der Waals surface area contributed by atoms with Gasteiger partial charge in [0, 0.05) is 51.4 Å². The van der Waals surface area contributed by atoms with E-state index in [1.807, 2.05) is 11.0 Å². The first-order valence-corrected chi connectivity index (χ1v) is 6.91. The smallest absolute Gasteiger partial charge is 0.250 e. The average molecular weight is 263 g/mol. The van der Waals surface area contributed by atoms with E-state index in [4.69, 9.17) is 0 Å². The molecule has 2 heterocycles. The number of carbonyl (C=O) groups is 1. The molecule has 0 aliphatic carbocycles. The lowest BCUT2D eigenvalue weighted by molar-refractivity contribution is -0.130. The molecule has 19 heavy (non-hydrogen) atoms. The van der Waals surface area contributed by atoms with Gasteiger partial charge in [-0.15, -0.1) is 0 Å². The Balaban J connectivity index is 1.61. The van der Waals surface area contributed by atoms with Crippen LogP contribution in [0.25, 0.3) is 0 Å². The summed E-state index contributed by atoms with van der Waals surface area (Å²) in [4.78, 5) is 25.1. The zero-order chi connectivity index (χ0) is 13.5. The van der Waals surface area contributed by atoms with Gasteiger partial charge in [0.1, 0.15) is 0 Å². The third-order valence-corrected chi connectivity index (χ3v) is 3.40. The molecule has 104 valence electrons. The molecule has 2 rings (SSSR count). The van der Waals surface area contributed by atoms with Gasteiger partial charge in [-0.2, -0.15) is 0 Å². The molecule has 0 radical (unpaired) electrons. The van der Waals surface area contributed by atoms with Gasteiger partial charge >= 0.3 is 0 Å². The largest absolute Gasteiger partial charge is 0.343 e. The van der Waals surface area contributed by atoms with Gasteiger partial charge in [-0.25, -0.2) is 0 Å². The standard InChI is InChI=1S/C14H21N3O2/c18-13-5-1-2-9-17(13)12-8-15-7-6-14(19)16-10-3-4-11-16/h1-2,5,9,15H,3-4,6-8,10-12H2. The van der Waals surface area contributed by atoms with Gasteiger partial charge in [0.25, 0.3) is 5.56 Å². The van der Waals surface area contributed by atoms with E-state index in [1.54, 1.807) is 22.9 Å². The van der Waals surface area contributed by atoms with Gasteiger partial charge < -0.3 is 14.8 Å². The van der Waals surface area contributed by atoms with Gasteiger partial charge in [0.2, 0.25) is 5.91 Å². The number of nitrogens with zero attached hydrogens (tertiary/aromatic N) is 2. The Morgan fingerprint density at radius 3 is 2.74 bits per heavy atom. The maximum Gasteiger partial charge on any atom is 0.250 e. The molecule has 1 fully saturated rings. The Labute approximate surface area is 113 Å². The molecule has 1 aliphatic rings. The fraction of sp³-hybridized carbons (Fsp3) is 0.571. The average Bonchev–Trinajstić information content (AvgIpc) is 2.94.